The molecule has 74 valence electrons. The summed E-state index contributed by atoms with van der Waals surface area (Å²) in [5, 5.41) is 30.8. The zero-order valence-corrected chi connectivity index (χ0v) is 6.43. The Kier molecular flexibility index (Phi) is 10.8. The van der Waals surface area contributed by atoms with E-state index in [1.54, 1.807) is 0 Å². The van der Waals surface area contributed by atoms with Gasteiger partial charge in [0.25, 0.3) is 0 Å². The summed E-state index contributed by atoms with van der Waals surface area (Å²) in [5.41, 5.74) is 0. The minimum Gasteiger partial charge on any atom is -0.449 e. The SMILES string of the molecule is O=C(O)OC(=O)O.OCC#CCO. The maximum atomic E-state index is 9.21. The predicted octanol–water partition coefficient (Wildman–Crippen LogP) is -0.667. The molecule has 0 amide bonds. The lowest BCUT2D eigenvalue weighted by molar-refractivity contribution is 0.0802. The number of carbonyl (C=O) groups is 2. The molecule has 4 N–H and O–H groups in total. The van der Waals surface area contributed by atoms with Gasteiger partial charge in [-0.25, -0.2) is 9.59 Å². The van der Waals surface area contributed by atoms with Gasteiger partial charge in [-0.15, -0.1) is 0 Å². The third kappa shape index (κ3) is 25.3. The summed E-state index contributed by atoms with van der Waals surface area (Å²) >= 11 is 0. The molecule has 0 rings (SSSR count). The van der Waals surface area contributed by atoms with E-state index in [1.165, 1.54) is 0 Å². The highest BCUT2D eigenvalue weighted by Crippen LogP contribution is 1.73. The van der Waals surface area contributed by atoms with Crippen molar-refractivity contribution in [2.75, 3.05) is 13.2 Å². The molecule has 0 aromatic carbocycles. The number of aliphatic hydroxyl groups is 2. The third-order valence-electron chi connectivity index (χ3n) is 0.458. The number of carboxylic acid groups (broad SMARTS) is 2. The molecular weight excluding hydrogens is 184 g/mol. The van der Waals surface area contributed by atoms with Crippen LogP contribution in [0.5, 0.6) is 0 Å². The molecule has 0 radical (unpaired) electrons. The molecule has 0 aliphatic heterocycles. The zero-order valence-electron chi connectivity index (χ0n) is 6.43. The quantitative estimate of drug-likeness (QED) is 0.228. The van der Waals surface area contributed by atoms with Crippen LogP contribution in [0, 0.1) is 11.8 Å². The zero-order chi connectivity index (χ0) is 10.7. The molecule has 0 aliphatic carbocycles. The van der Waals surface area contributed by atoms with Gasteiger partial charge >= 0.3 is 12.3 Å². The molecule has 0 fully saturated rings. The minimum absolute atomic E-state index is 0.166. The average molecular weight is 192 g/mol. The van der Waals surface area contributed by atoms with E-state index in [9.17, 15) is 9.59 Å². The van der Waals surface area contributed by atoms with Gasteiger partial charge in [0.1, 0.15) is 13.2 Å². The van der Waals surface area contributed by atoms with E-state index < -0.39 is 12.3 Å². The van der Waals surface area contributed by atoms with E-state index >= 15 is 0 Å². The normalized spacial score (nSPS) is 6.92. The first-order valence-electron chi connectivity index (χ1n) is 2.85. The van der Waals surface area contributed by atoms with Crippen molar-refractivity contribution >= 4 is 12.3 Å². The third-order valence-corrected chi connectivity index (χ3v) is 0.458. The Hall–Kier alpha value is -1.78. The van der Waals surface area contributed by atoms with Crippen molar-refractivity contribution in [3.63, 3.8) is 0 Å². The van der Waals surface area contributed by atoms with Crippen LogP contribution in [0.2, 0.25) is 0 Å². The number of rotatable bonds is 0. The predicted molar refractivity (Wildman–Crippen MR) is 39.1 cm³/mol. The lowest BCUT2D eigenvalue weighted by Gasteiger charge is -1.84. The molecule has 7 nitrogen and oxygen atoms in total. The molecule has 7 heteroatoms. The first-order valence-corrected chi connectivity index (χ1v) is 2.85. The van der Waals surface area contributed by atoms with E-state index in [0.717, 1.165) is 0 Å². The topological polar surface area (TPSA) is 124 Å². The fourth-order valence-corrected chi connectivity index (χ4v) is 0.186. The van der Waals surface area contributed by atoms with Gasteiger partial charge in [-0.2, -0.15) is 0 Å². The molecule has 13 heavy (non-hydrogen) atoms. The van der Waals surface area contributed by atoms with Crippen LogP contribution in [0.25, 0.3) is 0 Å². The van der Waals surface area contributed by atoms with Gasteiger partial charge in [-0.3, -0.25) is 0 Å². The van der Waals surface area contributed by atoms with Gasteiger partial charge in [0.05, 0.1) is 0 Å². The summed E-state index contributed by atoms with van der Waals surface area (Å²) in [4.78, 5) is 18.4. The van der Waals surface area contributed by atoms with Crippen LogP contribution in [-0.4, -0.2) is 46.0 Å². The van der Waals surface area contributed by atoms with Crippen molar-refractivity contribution in [2.45, 2.75) is 0 Å². The molecule has 0 aromatic rings. The fraction of sp³-hybridized carbons (Fsp3) is 0.333. The molecule has 0 saturated heterocycles. The fourth-order valence-electron chi connectivity index (χ4n) is 0.186. The monoisotopic (exact) mass is 192 g/mol. The highest BCUT2D eigenvalue weighted by molar-refractivity contribution is 5.74. The number of aliphatic hydroxyl groups excluding tert-OH is 2. The lowest BCUT2D eigenvalue weighted by atomic mass is 10.6. The molecule has 0 saturated carbocycles. The largest absolute Gasteiger partial charge is 0.516 e. The molecule has 0 unspecified atom stereocenters. The summed E-state index contributed by atoms with van der Waals surface area (Å²) in [7, 11) is 0. The van der Waals surface area contributed by atoms with E-state index in [-0.39, 0.29) is 13.2 Å². The molecule has 0 spiro atoms. The average Bonchev–Trinajstić information content (AvgIpc) is 1.99. The van der Waals surface area contributed by atoms with Crippen LogP contribution < -0.4 is 0 Å². The van der Waals surface area contributed by atoms with Gasteiger partial charge in [0, 0.05) is 0 Å². The van der Waals surface area contributed by atoms with Crippen LogP contribution in [0.4, 0.5) is 9.59 Å². The Labute approximate surface area is 73.2 Å². The van der Waals surface area contributed by atoms with Gasteiger partial charge in [0.15, 0.2) is 0 Å². The maximum Gasteiger partial charge on any atom is 0.516 e. The summed E-state index contributed by atoms with van der Waals surface area (Å²) in [6.45, 7) is -0.332. The van der Waals surface area contributed by atoms with Crippen molar-refractivity contribution < 1.29 is 34.8 Å². The lowest BCUT2D eigenvalue weighted by Crippen LogP contribution is -2.05. The van der Waals surface area contributed by atoms with Crippen molar-refractivity contribution in [1.29, 1.82) is 0 Å². The molecule has 0 bridgehead atoms. The molecule has 0 heterocycles. The molecule has 0 atom stereocenters. The first-order chi connectivity index (χ1) is 6.04. The van der Waals surface area contributed by atoms with Crippen molar-refractivity contribution in [1.82, 2.24) is 0 Å². The standard InChI is InChI=1S/C4H6O2.C2H2O5/c5-3-1-2-4-6;3-1(4)7-2(5)6/h5-6H,3-4H2;(H,3,4)(H,5,6). The second kappa shape index (κ2) is 10.2. The Morgan fingerprint density at radius 3 is 1.38 bits per heavy atom. The minimum atomic E-state index is -1.81. The van der Waals surface area contributed by atoms with E-state index in [0.29, 0.717) is 0 Å². The Morgan fingerprint density at radius 2 is 1.31 bits per heavy atom. The highest BCUT2D eigenvalue weighted by atomic mass is 16.7. The van der Waals surface area contributed by atoms with Crippen molar-refractivity contribution in [3.8, 4) is 11.8 Å². The van der Waals surface area contributed by atoms with Gasteiger partial charge in [-0.1, -0.05) is 11.8 Å². The van der Waals surface area contributed by atoms with Gasteiger partial charge in [-0.05, 0) is 0 Å². The number of hydrogen-bond acceptors (Lipinski definition) is 5. The van der Waals surface area contributed by atoms with Crippen molar-refractivity contribution in [3.05, 3.63) is 0 Å². The van der Waals surface area contributed by atoms with Crippen LogP contribution in [0.15, 0.2) is 0 Å². The number of hydrogen-bond donors (Lipinski definition) is 4. The van der Waals surface area contributed by atoms with Crippen LogP contribution in [0.3, 0.4) is 0 Å². The summed E-state index contributed by atoms with van der Waals surface area (Å²) in [5.74, 6) is 4.51. The smallest absolute Gasteiger partial charge is 0.449 e. The van der Waals surface area contributed by atoms with E-state index in [1.807, 2.05) is 0 Å². The van der Waals surface area contributed by atoms with Crippen LogP contribution in [0.1, 0.15) is 0 Å². The number of ether oxygens (including phenoxy) is 1. The molecule has 0 aromatic heterocycles. The summed E-state index contributed by atoms with van der Waals surface area (Å²) in [6, 6.07) is 0. The van der Waals surface area contributed by atoms with Crippen LogP contribution >= 0.6 is 0 Å². The Balaban J connectivity index is 0. The van der Waals surface area contributed by atoms with Crippen molar-refractivity contribution in [2.24, 2.45) is 0 Å². The first kappa shape index (κ1) is 13.8. The second-order valence-electron chi connectivity index (χ2n) is 1.30. The van der Waals surface area contributed by atoms with Crippen LogP contribution in [-0.2, 0) is 4.74 Å². The van der Waals surface area contributed by atoms with E-state index in [4.69, 9.17) is 20.4 Å². The second-order valence-corrected chi connectivity index (χ2v) is 1.30. The maximum absolute atomic E-state index is 9.21. The Bertz CT molecular complexity index is 191. The Morgan fingerprint density at radius 1 is 1.00 bits per heavy atom. The van der Waals surface area contributed by atoms with Gasteiger partial charge in [0.2, 0.25) is 0 Å². The van der Waals surface area contributed by atoms with Gasteiger partial charge < -0.3 is 25.2 Å². The molecular formula is C6H8O7. The summed E-state index contributed by atoms with van der Waals surface area (Å²) < 4.78 is 3.08. The summed E-state index contributed by atoms with van der Waals surface area (Å²) in [6.07, 6.45) is -3.62. The molecule has 0 aliphatic rings. The van der Waals surface area contributed by atoms with E-state index in [2.05, 4.69) is 16.6 Å². The highest BCUT2D eigenvalue weighted by Gasteiger charge is 2.01.